The van der Waals surface area contributed by atoms with Crippen LogP contribution in [0, 0.1) is 11.7 Å². The minimum Gasteiger partial charge on any atom is -0.354 e. The lowest BCUT2D eigenvalue weighted by Gasteiger charge is -2.29. The number of rotatable bonds is 10. The number of halogens is 2. The Hall–Kier alpha value is -1.86. The summed E-state index contributed by atoms with van der Waals surface area (Å²) in [4.78, 5) is 27.2. The summed E-state index contributed by atoms with van der Waals surface area (Å²) in [5.74, 6) is 0.654. The third-order valence-electron chi connectivity index (χ3n) is 4.53. The van der Waals surface area contributed by atoms with Crippen LogP contribution in [0.1, 0.15) is 31.9 Å². The highest BCUT2D eigenvalue weighted by Crippen LogP contribution is 2.18. The molecule has 0 spiro atoms. The molecular formula is C23H28BrFN2O2S. The fourth-order valence-electron chi connectivity index (χ4n) is 2.74. The zero-order valence-electron chi connectivity index (χ0n) is 17.5. The molecular weight excluding hydrogens is 467 g/mol. The lowest BCUT2D eigenvalue weighted by molar-refractivity contribution is -0.138. The third kappa shape index (κ3) is 8.11. The molecule has 0 aliphatic carbocycles. The van der Waals surface area contributed by atoms with Crippen LogP contribution in [0.5, 0.6) is 0 Å². The van der Waals surface area contributed by atoms with Crippen LogP contribution in [0.4, 0.5) is 4.39 Å². The summed E-state index contributed by atoms with van der Waals surface area (Å²) in [6, 6.07) is 13.4. The van der Waals surface area contributed by atoms with Crippen LogP contribution in [0.15, 0.2) is 53.0 Å². The minimum absolute atomic E-state index is 0.0998. The summed E-state index contributed by atoms with van der Waals surface area (Å²) in [6.07, 6.45) is 0. The lowest BCUT2D eigenvalue weighted by Crippen LogP contribution is -2.48. The number of benzene rings is 2. The number of carbonyl (C=O) groups excluding carboxylic acids is 2. The van der Waals surface area contributed by atoms with Gasteiger partial charge in [-0.25, -0.2) is 4.39 Å². The van der Waals surface area contributed by atoms with Gasteiger partial charge < -0.3 is 10.2 Å². The van der Waals surface area contributed by atoms with E-state index in [1.165, 1.54) is 23.9 Å². The van der Waals surface area contributed by atoms with E-state index in [1.807, 2.05) is 38.1 Å². The Morgan fingerprint density at radius 1 is 1.03 bits per heavy atom. The Morgan fingerprint density at radius 3 is 2.23 bits per heavy atom. The van der Waals surface area contributed by atoms with Crippen molar-refractivity contribution in [3.05, 3.63) is 69.9 Å². The largest absolute Gasteiger partial charge is 0.354 e. The number of nitrogens with zero attached hydrogens (tertiary/aromatic N) is 1. The second kappa shape index (κ2) is 12.1. The molecule has 2 aromatic rings. The predicted octanol–water partition coefficient (Wildman–Crippen LogP) is 5.01. The van der Waals surface area contributed by atoms with Crippen molar-refractivity contribution >= 4 is 39.5 Å². The van der Waals surface area contributed by atoms with Gasteiger partial charge in [0, 0.05) is 23.3 Å². The lowest BCUT2D eigenvalue weighted by atomic mass is 10.1. The highest BCUT2D eigenvalue weighted by molar-refractivity contribution is 9.10. The Labute approximate surface area is 190 Å². The van der Waals surface area contributed by atoms with Gasteiger partial charge in [-0.2, -0.15) is 0 Å². The minimum atomic E-state index is -0.577. The zero-order valence-corrected chi connectivity index (χ0v) is 19.9. The zero-order chi connectivity index (χ0) is 22.1. The van der Waals surface area contributed by atoms with Crippen molar-refractivity contribution in [1.82, 2.24) is 10.2 Å². The maximum absolute atomic E-state index is 13.0. The summed E-state index contributed by atoms with van der Waals surface area (Å²) < 4.78 is 14.0. The maximum Gasteiger partial charge on any atom is 0.242 e. The van der Waals surface area contributed by atoms with Crippen LogP contribution >= 0.6 is 27.7 Å². The first kappa shape index (κ1) is 24.4. The van der Waals surface area contributed by atoms with E-state index in [-0.39, 0.29) is 23.4 Å². The Bertz CT molecular complexity index is 828. The Morgan fingerprint density at radius 2 is 1.63 bits per heavy atom. The monoisotopic (exact) mass is 494 g/mol. The first-order valence-electron chi connectivity index (χ1n) is 9.90. The molecule has 0 aliphatic heterocycles. The standard InChI is InChI=1S/C23H28BrFN2O2S/c1-16(2)12-26-23(29)17(3)27(13-18-4-8-20(24)9-5-18)22(28)15-30-14-19-6-10-21(25)11-7-19/h4-11,16-17H,12-15H2,1-3H3,(H,26,29)/t17-/m0/s1. The van der Waals surface area contributed by atoms with Crippen molar-refractivity contribution in [2.75, 3.05) is 12.3 Å². The van der Waals surface area contributed by atoms with Crippen molar-refractivity contribution in [3.8, 4) is 0 Å². The molecule has 162 valence electrons. The molecule has 0 heterocycles. The van der Waals surface area contributed by atoms with Crippen LogP contribution in [0.3, 0.4) is 0 Å². The molecule has 30 heavy (non-hydrogen) atoms. The average molecular weight is 495 g/mol. The van der Waals surface area contributed by atoms with Gasteiger partial charge in [-0.1, -0.05) is 54.0 Å². The quantitative estimate of drug-likeness (QED) is 0.504. The second-order valence-corrected chi connectivity index (χ2v) is 9.48. The van der Waals surface area contributed by atoms with Crippen molar-refractivity contribution in [3.63, 3.8) is 0 Å². The van der Waals surface area contributed by atoms with Gasteiger partial charge in [0.15, 0.2) is 0 Å². The average Bonchev–Trinajstić information content (AvgIpc) is 2.72. The SMILES string of the molecule is CC(C)CNC(=O)[C@H](C)N(Cc1ccc(Br)cc1)C(=O)CSCc1ccc(F)cc1. The fourth-order valence-corrected chi connectivity index (χ4v) is 3.88. The molecule has 0 aromatic heterocycles. The smallest absolute Gasteiger partial charge is 0.242 e. The topological polar surface area (TPSA) is 49.4 Å². The number of hydrogen-bond donors (Lipinski definition) is 1. The summed E-state index contributed by atoms with van der Waals surface area (Å²) in [5, 5.41) is 2.92. The van der Waals surface area contributed by atoms with E-state index in [0.29, 0.717) is 24.8 Å². The van der Waals surface area contributed by atoms with Crippen molar-refractivity contribution in [1.29, 1.82) is 0 Å². The van der Waals surface area contributed by atoms with Gasteiger partial charge in [0.25, 0.3) is 0 Å². The molecule has 0 aliphatic rings. The molecule has 1 atom stereocenters. The van der Waals surface area contributed by atoms with Crippen LogP contribution in [0.2, 0.25) is 0 Å². The Kier molecular flexibility index (Phi) is 9.85. The summed E-state index contributed by atoms with van der Waals surface area (Å²) in [7, 11) is 0. The summed E-state index contributed by atoms with van der Waals surface area (Å²) in [6.45, 7) is 6.75. The number of carbonyl (C=O) groups is 2. The van der Waals surface area contributed by atoms with Gasteiger partial charge in [-0.3, -0.25) is 9.59 Å². The van der Waals surface area contributed by atoms with E-state index in [0.717, 1.165) is 15.6 Å². The number of thioether (sulfide) groups is 1. The number of amides is 2. The number of hydrogen-bond acceptors (Lipinski definition) is 3. The third-order valence-corrected chi connectivity index (χ3v) is 6.04. The maximum atomic E-state index is 13.0. The molecule has 0 saturated heterocycles. The summed E-state index contributed by atoms with van der Waals surface area (Å²) in [5.41, 5.74) is 1.91. The molecule has 2 rings (SSSR count). The van der Waals surface area contributed by atoms with E-state index in [9.17, 15) is 14.0 Å². The van der Waals surface area contributed by atoms with Gasteiger partial charge in [0.05, 0.1) is 5.75 Å². The fraction of sp³-hybridized carbons (Fsp3) is 0.391. The second-order valence-electron chi connectivity index (χ2n) is 7.58. The molecule has 7 heteroatoms. The number of nitrogens with one attached hydrogen (secondary N) is 1. The van der Waals surface area contributed by atoms with E-state index < -0.39 is 6.04 Å². The van der Waals surface area contributed by atoms with E-state index in [2.05, 4.69) is 21.2 Å². The van der Waals surface area contributed by atoms with Gasteiger partial charge in [-0.15, -0.1) is 11.8 Å². The van der Waals surface area contributed by atoms with E-state index >= 15 is 0 Å². The molecule has 0 radical (unpaired) electrons. The molecule has 1 N–H and O–H groups in total. The van der Waals surface area contributed by atoms with Gasteiger partial charge >= 0.3 is 0 Å². The molecule has 0 unspecified atom stereocenters. The van der Waals surface area contributed by atoms with E-state index in [4.69, 9.17) is 0 Å². The van der Waals surface area contributed by atoms with Crippen molar-refractivity contribution < 1.29 is 14.0 Å². The highest BCUT2D eigenvalue weighted by atomic mass is 79.9. The van der Waals surface area contributed by atoms with Gasteiger partial charge in [0.2, 0.25) is 11.8 Å². The van der Waals surface area contributed by atoms with E-state index in [1.54, 1.807) is 24.0 Å². The predicted molar refractivity (Wildman–Crippen MR) is 125 cm³/mol. The molecule has 2 aromatic carbocycles. The molecule has 0 bridgehead atoms. The molecule has 2 amide bonds. The van der Waals surface area contributed by atoms with Gasteiger partial charge in [0.1, 0.15) is 11.9 Å². The molecule has 4 nitrogen and oxygen atoms in total. The van der Waals surface area contributed by atoms with Crippen LogP contribution < -0.4 is 5.32 Å². The molecule has 0 fully saturated rings. The molecule has 0 saturated carbocycles. The van der Waals surface area contributed by atoms with Crippen molar-refractivity contribution in [2.24, 2.45) is 5.92 Å². The summed E-state index contributed by atoms with van der Waals surface area (Å²) >= 11 is 4.87. The van der Waals surface area contributed by atoms with Crippen LogP contribution in [-0.2, 0) is 21.9 Å². The van der Waals surface area contributed by atoms with Crippen molar-refractivity contribution in [2.45, 2.75) is 39.1 Å². The first-order chi connectivity index (χ1) is 14.3. The highest BCUT2D eigenvalue weighted by Gasteiger charge is 2.26. The van der Waals surface area contributed by atoms with Gasteiger partial charge in [-0.05, 0) is 48.2 Å². The van der Waals surface area contributed by atoms with Crippen LogP contribution in [0.25, 0.3) is 0 Å². The normalized spacial score (nSPS) is 11.9. The van der Waals surface area contributed by atoms with Crippen LogP contribution in [-0.4, -0.2) is 35.1 Å². The first-order valence-corrected chi connectivity index (χ1v) is 11.8. The Balaban J connectivity index is 2.04.